The van der Waals surface area contributed by atoms with Gasteiger partial charge in [0.25, 0.3) is 0 Å². The Bertz CT molecular complexity index is 411. The van der Waals surface area contributed by atoms with Crippen molar-refractivity contribution in [2.75, 3.05) is 14.1 Å². The number of likely N-dealkylation sites (N-methyl/N-ethyl adjacent to an activating group) is 1. The number of nitriles is 1. The van der Waals surface area contributed by atoms with Crippen LogP contribution in [-0.4, -0.2) is 30.9 Å². The van der Waals surface area contributed by atoms with Crippen LogP contribution in [0.3, 0.4) is 0 Å². The van der Waals surface area contributed by atoms with Gasteiger partial charge in [-0.2, -0.15) is 5.26 Å². The third-order valence-electron chi connectivity index (χ3n) is 2.17. The fourth-order valence-corrected chi connectivity index (χ4v) is 2.02. The Labute approximate surface area is 112 Å². The van der Waals surface area contributed by atoms with Gasteiger partial charge >= 0.3 is 0 Å². The van der Waals surface area contributed by atoms with E-state index in [0.29, 0.717) is 11.4 Å². The Morgan fingerprint density at radius 2 is 2.24 bits per heavy atom. The van der Waals surface area contributed by atoms with Crippen LogP contribution in [0.2, 0.25) is 0 Å². The van der Waals surface area contributed by atoms with Crippen molar-refractivity contribution < 1.29 is 4.79 Å². The quantitative estimate of drug-likeness (QED) is 0.907. The number of nitrogens with zero attached hydrogens (tertiary/aromatic N) is 2. The molecule has 0 aliphatic rings. The summed E-state index contributed by atoms with van der Waals surface area (Å²) in [5.41, 5.74) is 0. The van der Waals surface area contributed by atoms with Gasteiger partial charge in [-0.3, -0.25) is 4.79 Å². The van der Waals surface area contributed by atoms with Crippen LogP contribution in [-0.2, 0) is 11.3 Å². The number of hydrogen-bond acceptors (Lipinski definition) is 4. The fraction of sp³-hybridized carbons (Fsp3) is 0.455. The molecule has 0 saturated heterocycles. The molecule has 1 aromatic rings. The van der Waals surface area contributed by atoms with Crippen molar-refractivity contribution in [2.24, 2.45) is 0 Å². The third kappa shape index (κ3) is 4.73. The molecule has 0 radical (unpaired) electrons. The molecule has 0 spiro atoms. The fourth-order valence-electron chi connectivity index (χ4n) is 1.26. The summed E-state index contributed by atoms with van der Waals surface area (Å²) in [4.78, 5) is 14.9. The standard InChI is InChI=1S/C11H15N3OS.ClH/c1-8(11(15)14(2)3)13-7-10-5-4-9(6-12)16-10;/h4-5,8,13H,7H2,1-3H3;1H/t8-;/m1./s1. The van der Waals surface area contributed by atoms with E-state index in [9.17, 15) is 4.79 Å². The van der Waals surface area contributed by atoms with E-state index >= 15 is 0 Å². The Morgan fingerprint density at radius 1 is 1.59 bits per heavy atom. The first kappa shape index (κ1) is 15.9. The molecule has 6 heteroatoms. The second-order valence-electron chi connectivity index (χ2n) is 3.71. The molecule has 1 rings (SSSR count). The van der Waals surface area contributed by atoms with Crippen LogP contribution in [0.25, 0.3) is 0 Å². The highest BCUT2D eigenvalue weighted by molar-refractivity contribution is 7.12. The van der Waals surface area contributed by atoms with Crippen molar-refractivity contribution in [1.82, 2.24) is 10.2 Å². The largest absolute Gasteiger partial charge is 0.347 e. The van der Waals surface area contributed by atoms with Gasteiger partial charge < -0.3 is 10.2 Å². The van der Waals surface area contributed by atoms with Crippen LogP contribution >= 0.6 is 23.7 Å². The van der Waals surface area contributed by atoms with Gasteiger partial charge in [0, 0.05) is 25.5 Å². The lowest BCUT2D eigenvalue weighted by Gasteiger charge is -2.17. The molecular weight excluding hydrogens is 258 g/mol. The lowest BCUT2D eigenvalue weighted by Crippen LogP contribution is -2.40. The molecule has 0 bridgehead atoms. The van der Waals surface area contributed by atoms with Gasteiger partial charge in [-0.1, -0.05) is 0 Å². The van der Waals surface area contributed by atoms with E-state index in [1.165, 1.54) is 11.3 Å². The molecule has 4 nitrogen and oxygen atoms in total. The van der Waals surface area contributed by atoms with Crippen LogP contribution in [0.4, 0.5) is 0 Å². The van der Waals surface area contributed by atoms with E-state index in [1.54, 1.807) is 25.1 Å². The second-order valence-corrected chi connectivity index (χ2v) is 4.88. The summed E-state index contributed by atoms with van der Waals surface area (Å²) in [5.74, 6) is 0.0528. The van der Waals surface area contributed by atoms with Crippen LogP contribution < -0.4 is 5.32 Å². The maximum absolute atomic E-state index is 11.5. The predicted molar refractivity (Wildman–Crippen MR) is 71.3 cm³/mol. The van der Waals surface area contributed by atoms with Crippen molar-refractivity contribution in [3.63, 3.8) is 0 Å². The SMILES string of the molecule is C[C@@H](NCc1ccc(C#N)s1)C(=O)N(C)C.Cl. The number of halogens is 1. The van der Waals surface area contributed by atoms with Gasteiger partial charge in [0.2, 0.25) is 5.91 Å². The summed E-state index contributed by atoms with van der Waals surface area (Å²) in [6.45, 7) is 2.45. The first-order valence-corrected chi connectivity index (χ1v) is 5.79. The Hall–Kier alpha value is -1.09. The molecule has 1 atom stereocenters. The molecule has 17 heavy (non-hydrogen) atoms. The number of hydrogen-bond donors (Lipinski definition) is 1. The van der Waals surface area contributed by atoms with Crippen LogP contribution in [0, 0.1) is 11.3 Å². The van der Waals surface area contributed by atoms with Gasteiger partial charge in [-0.05, 0) is 19.1 Å². The van der Waals surface area contributed by atoms with Gasteiger partial charge in [-0.15, -0.1) is 23.7 Å². The molecule has 1 aromatic heterocycles. The maximum atomic E-state index is 11.5. The first-order chi connectivity index (χ1) is 7.54. The highest BCUT2D eigenvalue weighted by Crippen LogP contribution is 2.14. The lowest BCUT2D eigenvalue weighted by atomic mass is 10.3. The maximum Gasteiger partial charge on any atom is 0.238 e. The molecule has 0 unspecified atom stereocenters. The number of carbonyl (C=O) groups excluding carboxylic acids is 1. The van der Waals surface area contributed by atoms with Crippen LogP contribution in [0.1, 0.15) is 16.7 Å². The minimum absolute atomic E-state index is 0. The monoisotopic (exact) mass is 273 g/mol. The third-order valence-corrected chi connectivity index (χ3v) is 3.16. The summed E-state index contributed by atoms with van der Waals surface area (Å²) in [5, 5.41) is 11.8. The molecule has 0 aliphatic heterocycles. The summed E-state index contributed by atoms with van der Waals surface area (Å²) >= 11 is 1.45. The molecule has 0 aliphatic carbocycles. The Balaban J connectivity index is 0.00000256. The molecule has 1 heterocycles. The lowest BCUT2D eigenvalue weighted by molar-refractivity contribution is -0.130. The summed E-state index contributed by atoms with van der Waals surface area (Å²) in [7, 11) is 3.47. The Kier molecular flexibility index (Phi) is 6.81. The van der Waals surface area contributed by atoms with Crippen LogP contribution in [0.15, 0.2) is 12.1 Å². The van der Waals surface area contributed by atoms with Crippen molar-refractivity contribution in [1.29, 1.82) is 5.26 Å². The number of thiophene rings is 1. The summed E-state index contributed by atoms with van der Waals surface area (Å²) in [6.07, 6.45) is 0. The molecule has 0 saturated carbocycles. The first-order valence-electron chi connectivity index (χ1n) is 4.98. The molecule has 94 valence electrons. The van der Waals surface area contributed by atoms with E-state index in [0.717, 1.165) is 4.88 Å². The van der Waals surface area contributed by atoms with E-state index in [-0.39, 0.29) is 24.4 Å². The van der Waals surface area contributed by atoms with E-state index in [1.807, 2.05) is 13.0 Å². The molecule has 0 fully saturated rings. The zero-order valence-corrected chi connectivity index (χ0v) is 11.7. The minimum Gasteiger partial charge on any atom is -0.347 e. The topological polar surface area (TPSA) is 56.1 Å². The number of rotatable bonds is 4. The average molecular weight is 274 g/mol. The highest BCUT2D eigenvalue weighted by atomic mass is 35.5. The average Bonchev–Trinajstić information content (AvgIpc) is 2.72. The Morgan fingerprint density at radius 3 is 2.71 bits per heavy atom. The zero-order valence-electron chi connectivity index (χ0n) is 10.1. The summed E-state index contributed by atoms with van der Waals surface area (Å²) in [6, 6.07) is 5.58. The summed E-state index contributed by atoms with van der Waals surface area (Å²) < 4.78 is 0. The van der Waals surface area contributed by atoms with Gasteiger partial charge in [0.05, 0.1) is 6.04 Å². The zero-order chi connectivity index (χ0) is 12.1. The van der Waals surface area contributed by atoms with Crippen LogP contribution in [0.5, 0.6) is 0 Å². The van der Waals surface area contributed by atoms with E-state index < -0.39 is 0 Å². The second kappa shape index (κ2) is 7.28. The smallest absolute Gasteiger partial charge is 0.238 e. The normalized spacial score (nSPS) is 11.2. The van der Waals surface area contributed by atoms with Gasteiger partial charge in [0.1, 0.15) is 10.9 Å². The predicted octanol–water partition coefficient (Wildman–Crippen LogP) is 1.61. The number of amides is 1. The van der Waals surface area contributed by atoms with Gasteiger partial charge in [-0.25, -0.2) is 0 Å². The molecule has 0 aromatic carbocycles. The molecule has 1 amide bonds. The number of carbonyl (C=O) groups is 1. The van der Waals surface area contributed by atoms with E-state index in [2.05, 4.69) is 11.4 Å². The van der Waals surface area contributed by atoms with E-state index in [4.69, 9.17) is 5.26 Å². The van der Waals surface area contributed by atoms with Gasteiger partial charge in [0.15, 0.2) is 0 Å². The minimum atomic E-state index is -0.206. The van der Waals surface area contributed by atoms with Crippen molar-refractivity contribution >= 4 is 29.7 Å². The molecular formula is C11H16ClN3OS. The highest BCUT2D eigenvalue weighted by Gasteiger charge is 2.13. The van der Waals surface area contributed by atoms with Crippen molar-refractivity contribution in [2.45, 2.75) is 19.5 Å². The van der Waals surface area contributed by atoms with Crippen molar-refractivity contribution in [3.8, 4) is 6.07 Å². The van der Waals surface area contributed by atoms with Crippen molar-refractivity contribution in [3.05, 3.63) is 21.9 Å². The number of nitrogens with one attached hydrogen (secondary N) is 1. The molecule has 1 N–H and O–H groups in total.